The topological polar surface area (TPSA) is 41.6 Å². The van der Waals surface area contributed by atoms with Crippen LogP contribution in [0.1, 0.15) is 36.2 Å². The summed E-state index contributed by atoms with van der Waals surface area (Å²) in [6.45, 7) is 2.17. The monoisotopic (exact) mass is 231 g/mol. The molecule has 0 bridgehead atoms. The Morgan fingerprint density at radius 3 is 3.06 bits per heavy atom. The first kappa shape index (κ1) is 10.9. The number of nitrogens with zero attached hydrogens (tertiary/aromatic N) is 3. The van der Waals surface area contributed by atoms with Crippen LogP contribution >= 0.6 is 11.3 Å². The molecular weight excluding hydrogens is 218 g/mol. The van der Waals surface area contributed by atoms with Crippen molar-refractivity contribution >= 4 is 11.3 Å². The summed E-state index contributed by atoms with van der Waals surface area (Å²) < 4.78 is 2.11. The minimum atomic E-state index is 0.319. The van der Waals surface area contributed by atoms with Crippen LogP contribution in [0.25, 0.3) is 0 Å². The van der Waals surface area contributed by atoms with Gasteiger partial charge in [-0.25, -0.2) is 4.98 Å². The van der Waals surface area contributed by atoms with Gasteiger partial charge in [0.05, 0.1) is 17.9 Å². The highest BCUT2D eigenvalue weighted by molar-refractivity contribution is 7.10. The van der Waals surface area contributed by atoms with Crippen LogP contribution in [0.15, 0.2) is 30.2 Å². The van der Waals surface area contributed by atoms with E-state index in [-0.39, 0.29) is 0 Å². The first-order valence-corrected chi connectivity index (χ1v) is 6.19. The number of aromatic nitrogens is 2. The Hall–Kier alpha value is -1.60. The van der Waals surface area contributed by atoms with Crippen molar-refractivity contribution in [1.29, 1.82) is 5.26 Å². The van der Waals surface area contributed by atoms with Gasteiger partial charge in [0.1, 0.15) is 6.07 Å². The van der Waals surface area contributed by atoms with Crippen LogP contribution < -0.4 is 0 Å². The first-order chi connectivity index (χ1) is 7.85. The van der Waals surface area contributed by atoms with Crippen molar-refractivity contribution < 1.29 is 0 Å². The van der Waals surface area contributed by atoms with Crippen molar-refractivity contribution in [3.05, 3.63) is 40.6 Å². The Morgan fingerprint density at radius 1 is 1.62 bits per heavy atom. The van der Waals surface area contributed by atoms with E-state index >= 15 is 0 Å². The van der Waals surface area contributed by atoms with E-state index in [0.29, 0.717) is 6.04 Å². The molecule has 2 rings (SSSR count). The molecule has 1 unspecified atom stereocenters. The van der Waals surface area contributed by atoms with Gasteiger partial charge in [0.15, 0.2) is 0 Å². The van der Waals surface area contributed by atoms with E-state index in [4.69, 9.17) is 5.26 Å². The minimum absolute atomic E-state index is 0.319. The quantitative estimate of drug-likeness (QED) is 0.810. The van der Waals surface area contributed by atoms with Crippen molar-refractivity contribution in [2.45, 2.75) is 25.8 Å². The summed E-state index contributed by atoms with van der Waals surface area (Å²) in [7, 11) is 0. The number of nitriles is 1. The van der Waals surface area contributed by atoms with Crippen molar-refractivity contribution in [3.8, 4) is 6.07 Å². The fourth-order valence-corrected chi connectivity index (χ4v) is 2.73. The number of rotatable bonds is 4. The molecule has 82 valence electrons. The second-order valence-electron chi connectivity index (χ2n) is 3.66. The summed E-state index contributed by atoms with van der Waals surface area (Å²) >= 11 is 1.65. The average Bonchev–Trinajstić information content (AvgIpc) is 2.97. The number of hydrogen-bond acceptors (Lipinski definition) is 3. The van der Waals surface area contributed by atoms with Crippen molar-refractivity contribution in [3.63, 3.8) is 0 Å². The van der Waals surface area contributed by atoms with Crippen molar-refractivity contribution in [2.24, 2.45) is 0 Å². The molecule has 0 saturated carbocycles. The third-order valence-electron chi connectivity index (χ3n) is 2.52. The molecule has 0 radical (unpaired) electrons. The highest BCUT2D eigenvalue weighted by Gasteiger charge is 2.14. The SMILES string of the molecule is CCCC(c1cc(C#N)cs1)n1ccnc1. The zero-order valence-corrected chi connectivity index (χ0v) is 9.94. The standard InChI is InChI=1S/C12H13N3S/c1-2-3-11(15-5-4-14-9-15)12-6-10(7-13)8-16-12/h4-6,8-9,11H,2-3H2,1H3. The molecule has 4 heteroatoms. The maximum absolute atomic E-state index is 8.83. The van der Waals surface area contributed by atoms with Gasteiger partial charge in [0, 0.05) is 22.7 Å². The highest BCUT2D eigenvalue weighted by Crippen LogP contribution is 2.28. The van der Waals surface area contributed by atoms with Crippen LogP contribution in [0.5, 0.6) is 0 Å². The molecule has 0 amide bonds. The lowest BCUT2D eigenvalue weighted by Gasteiger charge is -2.15. The number of imidazole rings is 1. The largest absolute Gasteiger partial charge is 0.329 e. The summed E-state index contributed by atoms with van der Waals surface area (Å²) in [5.41, 5.74) is 0.751. The van der Waals surface area contributed by atoms with E-state index in [1.165, 1.54) is 4.88 Å². The third-order valence-corrected chi connectivity index (χ3v) is 3.56. The lowest BCUT2D eigenvalue weighted by atomic mass is 10.1. The Balaban J connectivity index is 2.29. The maximum atomic E-state index is 8.83. The molecule has 1 atom stereocenters. The van der Waals surface area contributed by atoms with E-state index in [9.17, 15) is 0 Å². The summed E-state index contributed by atoms with van der Waals surface area (Å²) in [5.74, 6) is 0. The van der Waals surface area contributed by atoms with E-state index < -0.39 is 0 Å². The molecule has 16 heavy (non-hydrogen) atoms. The Labute approximate surface area is 99.0 Å². The minimum Gasteiger partial charge on any atom is -0.329 e. The Bertz CT molecular complexity index is 479. The Kier molecular flexibility index (Phi) is 3.37. The number of hydrogen-bond donors (Lipinski definition) is 0. The van der Waals surface area contributed by atoms with E-state index in [1.54, 1.807) is 17.5 Å². The smallest absolute Gasteiger partial charge is 0.100 e. The fourth-order valence-electron chi connectivity index (χ4n) is 1.75. The maximum Gasteiger partial charge on any atom is 0.100 e. The van der Waals surface area contributed by atoms with Gasteiger partial charge >= 0.3 is 0 Å². The first-order valence-electron chi connectivity index (χ1n) is 5.31. The summed E-state index contributed by atoms with van der Waals surface area (Å²) in [4.78, 5) is 5.31. The lowest BCUT2D eigenvalue weighted by molar-refractivity contribution is 0.541. The normalized spacial score (nSPS) is 12.2. The molecule has 0 fully saturated rings. The van der Waals surface area contributed by atoms with Gasteiger partial charge in [0.25, 0.3) is 0 Å². The molecule has 3 nitrogen and oxygen atoms in total. The van der Waals surface area contributed by atoms with E-state index in [1.807, 2.05) is 24.0 Å². The van der Waals surface area contributed by atoms with Crippen LogP contribution in [0, 0.1) is 11.3 Å². The average molecular weight is 231 g/mol. The lowest BCUT2D eigenvalue weighted by Crippen LogP contribution is -2.06. The highest BCUT2D eigenvalue weighted by atomic mass is 32.1. The van der Waals surface area contributed by atoms with Crippen molar-refractivity contribution in [1.82, 2.24) is 9.55 Å². The molecule has 0 aromatic carbocycles. The predicted octanol–water partition coefficient (Wildman–Crippen LogP) is 3.21. The van der Waals surface area contributed by atoms with Crippen LogP contribution in [-0.4, -0.2) is 9.55 Å². The molecular formula is C12H13N3S. The van der Waals surface area contributed by atoms with Gasteiger partial charge < -0.3 is 4.57 Å². The predicted molar refractivity (Wildman–Crippen MR) is 64.3 cm³/mol. The molecule has 0 aliphatic carbocycles. The van der Waals surface area contributed by atoms with E-state index in [0.717, 1.165) is 18.4 Å². The fraction of sp³-hybridized carbons (Fsp3) is 0.333. The zero-order chi connectivity index (χ0) is 11.4. The van der Waals surface area contributed by atoms with Gasteiger partial charge in [-0.3, -0.25) is 0 Å². The van der Waals surface area contributed by atoms with Crippen LogP contribution in [-0.2, 0) is 0 Å². The second-order valence-corrected chi connectivity index (χ2v) is 4.61. The van der Waals surface area contributed by atoms with E-state index in [2.05, 4.69) is 22.5 Å². The second kappa shape index (κ2) is 4.95. The molecule has 0 aliphatic heterocycles. The third kappa shape index (κ3) is 2.15. The van der Waals surface area contributed by atoms with Gasteiger partial charge in [-0.1, -0.05) is 13.3 Å². The molecule has 0 aliphatic rings. The Morgan fingerprint density at radius 2 is 2.50 bits per heavy atom. The van der Waals surface area contributed by atoms with Crippen LogP contribution in [0.2, 0.25) is 0 Å². The summed E-state index contributed by atoms with van der Waals surface area (Å²) in [6, 6.07) is 4.47. The molecule has 0 saturated heterocycles. The molecule has 2 aromatic rings. The molecule has 0 spiro atoms. The van der Waals surface area contributed by atoms with Crippen molar-refractivity contribution in [2.75, 3.05) is 0 Å². The summed E-state index contributed by atoms with van der Waals surface area (Å²) in [6.07, 6.45) is 7.80. The molecule has 2 aromatic heterocycles. The number of thiophene rings is 1. The summed E-state index contributed by atoms with van der Waals surface area (Å²) in [5, 5.41) is 10.7. The van der Waals surface area contributed by atoms with Gasteiger partial charge in [0.2, 0.25) is 0 Å². The molecule has 2 heterocycles. The van der Waals surface area contributed by atoms with Gasteiger partial charge in [-0.05, 0) is 12.5 Å². The zero-order valence-electron chi connectivity index (χ0n) is 9.13. The van der Waals surface area contributed by atoms with Crippen LogP contribution in [0.4, 0.5) is 0 Å². The van der Waals surface area contributed by atoms with Gasteiger partial charge in [-0.15, -0.1) is 11.3 Å². The van der Waals surface area contributed by atoms with Gasteiger partial charge in [-0.2, -0.15) is 5.26 Å². The van der Waals surface area contributed by atoms with Crippen LogP contribution in [0.3, 0.4) is 0 Å². The molecule has 0 N–H and O–H groups in total.